The minimum Gasteiger partial charge on any atom is -0.466 e. The molecule has 3 unspecified atom stereocenters. The van der Waals surface area contributed by atoms with Crippen LogP contribution in [0, 0.1) is 17.8 Å². The lowest BCUT2D eigenvalue weighted by Gasteiger charge is -2.59. The lowest BCUT2D eigenvalue weighted by molar-refractivity contribution is -0.163. The Hall–Kier alpha value is -1.43. The van der Waals surface area contributed by atoms with E-state index in [1.165, 1.54) is 0 Å². The van der Waals surface area contributed by atoms with Crippen LogP contribution in [0.1, 0.15) is 53.4 Å². The highest BCUT2D eigenvalue weighted by Gasteiger charge is 2.59. The Bertz CT molecular complexity index is 485. The topological polar surface area (TPSA) is 75.7 Å². The largest absolute Gasteiger partial charge is 0.466 e. The number of nitrogens with one attached hydrogen (secondary N) is 1. The van der Waals surface area contributed by atoms with Gasteiger partial charge in [0.2, 0.25) is 11.8 Å². The van der Waals surface area contributed by atoms with Gasteiger partial charge in [0, 0.05) is 12.1 Å². The Morgan fingerprint density at radius 2 is 1.88 bits per heavy atom. The Morgan fingerprint density at radius 3 is 2.42 bits per heavy atom. The van der Waals surface area contributed by atoms with Crippen LogP contribution in [0.15, 0.2) is 0 Å². The summed E-state index contributed by atoms with van der Waals surface area (Å²) in [7, 11) is 0. The number of rotatable bonds is 5. The number of hydrogen-bond donors (Lipinski definition) is 1. The van der Waals surface area contributed by atoms with E-state index in [1.807, 2.05) is 13.8 Å². The van der Waals surface area contributed by atoms with E-state index in [9.17, 15) is 14.4 Å². The minimum absolute atomic E-state index is 0.195. The summed E-state index contributed by atoms with van der Waals surface area (Å²) in [6.45, 7) is 9.47. The highest BCUT2D eigenvalue weighted by Crippen LogP contribution is 2.48. The molecule has 0 aliphatic carbocycles. The molecule has 24 heavy (non-hydrogen) atoms. The van der Waals surface area contributed by atoms with Gasteiger partial charge in [-0.1, -0.05) is 27.2 Å². The van der Waals surface area contributed by atoms with Crippen molar-refractivity contribution in [3.63, 3.8) is 0 Å². The zero-order valence-corrected chi connectivity index (χ0v) is 15.3. The first-order valence-corrected chi connectivity index (χ1v) is 9.14. The van der Waals surface area contributed by atoms with Crippen molar-refractivity contribution in [3.8, 4) is 0 Å². The molecule has 2 fully saturated rings. The van der Waals surface area contributed by atoms with Crippen molar-refractivity contribution >= 4 is 17.8 Å². The van der Waals surface area contributed by atoms with Gasteiger partial charge in [-0.05, 0) is 32.2 Å². The zero-order valence-electron chi connectivity index (χ0n) is 15.3. The van der Waals surface area contributed by atoms with Gasteiger partial charge >= 0.3 is 5.97 Å². The summed E-state index contributed by atoms with van der Waals surface area (Å²) in [6, 6.07) is 0. The second-order valence-corrected chi connectivity index (χ2v) is 6.97. The molecule has 1 N–H and O–H groups in total. The Balaban J connectivity index is 2.34. The molecule has 6 heteroatoms. The molecule has 0 aromatic heterocycles. The summed E-state index contributed by atoms with van der Waals surface area (Å²) < 4.78 is 5.05. The van der Waals surface area contributed by atoms with E-state index in [4.69, 9.17) is 4.74 Å². The summed E-state index contributed by atoms with van der Waals surface area (Å²) in [5.74, 6) is -0.902. The summed E-state index contributed by atoms with van der Waals surface area (Å²) in [5.41, 5.74) is -0.501. The second kappa shape index (κ2) is 7.64. The van der Waals surface area contributed by atoms with Gasteiger partial charge in [0.05, 0.1) is 24.9 Å². The third kappa shape index (κ3) is 3.08. The molecule has 2 aliphatic heterocycles. The number of hydrogen-bond acceptors (Lipinski definition) is 5. The van der Waals surface area contributed by atoms with E-state index >= 15 is 0 Å². The molecule has 1 spiro atoms. The highest BCUT2D eigenvalue weighted by atomic mass is 16.5. The molecule has 0 bridgehead atoms. The van der Waals surface area contributed by atoms with Crippen LogP contribution in [0.5, 0.6) is 0 Å². The van der Waals surface area contributed by atoms with Crippen LogP contribution in [-0.2, 0) is 19.1 Å². The minimum atomic E-state index is -0.501. The van der Waals surface area contributed by atoms with Crippen LogP contribution in [0.3, 0.4) is 0 Å². The predicted octanol–water partition coefficient (Wildman–Crippen LogP) is 1.73. The molecule has 2 amide bonds. The smallest absolute Gasteiger partial charge is 0.307 e. The van der Waals surface area contributed by atoms with Gasteiger partial charge < -0.3 is 4.74 Å². The maximum absolute atomic E-state index is 12.4. The molecule has 3 atom stereocenters. The van der Waals surface area contributed by atoms with Crippen LogP contribution in [0.2, 0.25) is 0 Å². The molecule has 0 aromatic rings. The third-order valence-corrected chi connectivity index (χ3v) is 5.99. The van der Waals surface area contributed by atoms with E-state index < -0.39 is 5.54 Å². The molecule has 0 aromatic carbocycles. The summed E-state index contributed by atoms with van der Waals surface area (Å²) >= 11 is 0. The molecule has 2 heterocycles. The molecule has 0 radical (unpaired) electrons. The fourth-order valence-corrected chi connectivity index (χ4v) is 4.90. The lowest BCUT2D eigenvalue weighted by Crippen LogP contribution is -2.72. The Kier molecular flexibility index (Phi) is 6.01. The molecular weight excluding hydrogens is 308 g/mol. The number of carbonyl (C=O) groups is 3. The first-order valence-electron chi connectivity index (χ1n) is 9.14. The average molecular weight is 338 g/mol. The number of esters is 1. The van der Waals surface area contributed by atoms with Gasteiger partial charge in [0.1, 0.15) is 0 Å². The van der Waals surface area contributed by atoms with Gasteiger partial charge in [-0.2, -0.15) is 0 Å². The number of ether oxygens (including phenoxy) is 1. The monoisotopic (exact) mass is 338 g/mol. The molecule has 136 valence electrons. The molecule has 2 rings (SSSR count). The number of amides is 2. The standard InChI is InChI=1S/C18H30N2O4/c1-5-14-8-7-10-20(11-9-15(21)24-6-2)18(14)12(3)16(22)19-17(23)13(18)4/h12-14H,5-11H2,1-4H3,(H,19,22,23). The van der Waals surface area contributed by atoms with Crippen molar-refractivity contribution in [2.45, 2.75) is 58.9 Å². The summed E-state index contributed by atoms with van der Waals surface area (Å²) in [6.07, 6.45) is 3.26. The first kappa shape index (κ1) is 18.9. The molecular formula is C18H30N2O4. The number of carbonyl (C=O) groups excluding carboxylic acids is 3. The van der Waals surface area contributed by atoms with Gasteiger partial charge in [-0.3, -0.25) is 24.6 Å². The quantitative estimate of drug-likeness (QED) is 0.610. The molecule has 6 nitrogen and oxygen atoms in total. The SMILES string of the molecule is CCOC(=O)CCN1CCCC(CC)C12C(C)C(=O)NC(=O)C2C. The molecule has 2 saturated heterocycles. The molecule has 2 aliphatic rings. The van der Waals surface area contributed by atoms with Crippen molar-refractivity contribution in [2.24, 2.45) is 17.8 Å². The van der Waals surface area contributed by atoms with E-state index in [0.717, 1.165) is 25.8 Å². The number of nitrogens with zero attached hydrogens (tertiary/aromatic N) is 1. The Morgan fingerprint density at radius 1 is 1.25 bits per heavy atom. The van der Waals surface area contributed by atoms with Crippen molar-refractivity contribution in [3.05, 3.63) is 0 Å². The van der Waals surface area contributed by atoms with Gasteiger partial charge in [0.25, 0.3) is 0 Å². The van der Waals surface area contributed by atoms with Gasteiger partial charge in [-0.25, -0.2) is 0 Å². The van der Waals surface area contributed by atoms with Crippen LogP contribution in [-0.4, -0.2) is 47.9 Å². The second-order valence-electron chi connectivity index (χ2n) is 6.97. The van der Waals surface area contributed by atoms with Crippen molar-refractivity contribution < 1.29 is 19.1 Å². The Labute approximate surface area is 144 Å². The van der Waals surface area contributed by atoms with Crippen LogP contribution in [0.4, 0.5) is 0 Å². The van der Waals surface area contributed by atoms with Gasteiger partial charge in [0.15, 0.2) is 0 Å². The van der Waals surface area contributed by atoms with Crippen molar-refractivity contribution in [1.29, 1.82) is 0 Å². The number of likely N-dealkylation sites (tertiary alicyclic amines) is 1. The fraction of sp³-hybridized carbons (Fsp3) is 0.833. The zero-order chi connectivity index (χ0) is 17.9. The normalized spacial score (nSPS) is 34.2. The van der Waals surface area contributed by atoms with Crippen molar-refractivity contribution in [2.75, 3.05) is 19.7 Å². The van der Waals surface area contributed by atoms with E-state index in [0.29, 0.717) is 19.6 Å². The maximum atomic E-state index is 12.4. The van der Waals surface area contributed by atoms with E-state index in [-0.39, 0.29) is 35.5 Å². The first-order chi connectivity index (χ1) is 11.4. The van der Waals surface area contributed by atoms with Crippen LogP contribution < -0.4 is 5.32 Å². The predicted molar refractivity (Wildman–Crippen MR) is 90.0 cm³/mol. The highest BCUT2D eigenvalue weighted by molar-refractivity contribution is 6.01. The van der Waals surface area contributed by atoms with E-state index in [1.54, 1.807) is 6.92 Å². The fourth-order valence-electron chi connectivity index (χ4n) is 4.90. The number of imide groups is 1. The van der Waals surface area contributed by atoms with Crippen molar-refractivity contribution in [1.82, 2.24) is 10.2 Å². The summed E-state index contributed by atoms with van der Waals surface area (Å²) in [4.78, 5) is 38.9. The van der Waals surface area contributed by atoms with Crippen LogP contribution >= 0.6 is 0 Å². The third-order valence-electron chi connectivity index (χ3n) is 5.99. The summed E-state index contributed by atoms with van der Waals surface area (Å²) in [5, 5.41) is 2.50. The molecule has 0 saturated carbocycles. The number of piperidine rings is 2. The lowest BCUT2D eigenvalue weighted by atomic mass is 9.59. The van der Waals surface area contributed by atoms with E-state index in [2.05, 4.69) is 17.1 Å². The van der Waals surface area contributed by atoms with Gasteiger partial charge in [-0.15, -0.1) is 0 Å². The van der Waals surface area contributed by atoms with Crippen LogP contribution in [0.25, 0.3) is 0 Å². The average Bonchev–Trinajstić information content (AvgIpc) is 2.56. The maximum Gasteiger partial charge on any atom is 0.307 e.